The second-order valence-corrected chi connectivity index (χ2v) is 3.00. The molecule has 0 spiro atoms. The SMILES string of the molecule is O=C(O)C1=CNNN1c1c(F)cccc1F. The Morgan fingerprint density at radius 2 is 1.94 bits per heavy atom. The van der Waals surface area contributed by atoms with Crippen LogP contribution in [0.3, 0.4) is 0 Å². The fraction of sp³-hybridized carbons (Fsp3) is 0. The summed E-state index contributed by atoms with van der Waals surface area (Å²) >= 11 is 0. The van der Waals surface area contributed by atoms with E-state index >= 15 is 0 Å². The molecule has 0 aliphatic carbocycles. The molecule has 3 N–H and O–H groups in total. The van der Waals surface area contributed by atoms with E-state index in [1.165, 1.54) is 6.07 Å². The first kappa shape index (κ1) is 10.4. The summed E-state index contributed by atoms with van der Waals surface area (Å²) in [6, 6.07) is 3.28. The highest BCUT2D eigenvalue weighted by Gasteiger charge is 2.27. The highest BCUT2D eigenvalue weighted by molar-refractivity contribution is 5.91. The number of hydrogen-bond acceptors (Lipinski definition) is 4. The molecule has 0 fully saturated rings. The van der Waals surface area contributed by atoms with Crippen LogP contribution in [0.15, 0.2) is 30.1 Å². The molecule has 0 bridgehead atoms. The van der Waals surface area contributed by atoms with E-state index in [9.17, 15) is 13.6 Å². The lowest BCUT2D eigenvalue weighted by Crippen LogP contribution is -2.40. The van der Waals surface area contributed by atoms with Gasteiger partial charge in [0.05, 0.1) is 0 Å². The maximum absolute atomic E-state index is 13.4. The zero-order chi connectivity index (χ0) is 11.7. The Balaban J connectivity index is 2.46. The summed E-state index contributed by atoms with van der Waals surface area (Å²) < 4.78 is 26.7. The zero-order valence-electron chi connectivity index (χ0n) is 7.87. The highest BCUT2D eigenvalue weighted by Crippen LogP contribution is 2.25. The third-order valence-electron chi connectivity index (χ3n) is 2.01. The van der Waals surface area contributed by atoms with Gasteiger partial charge in [0.2, 0.25) is 0 Å². The Morgan fingerprint density at radius 3 is 2.50 bits per heavy atom. The Kier molecular flexibility index (Phi) is 2.45. The number of nitrogens with zero attached hydrogens (tertiary/aromatic N) is 1. The standard InChI is InChI=1S/C9H7F2N3O2/c10-5-2-1-3-6(11)8(5)14-7(9(15)16)4-12-13-14/h1-4,12-13H,(H,15,16). The van der Waals surface area contributed by atoms with E-state index in [0.717, 1.165) is 23.3 Å². The van der Waals surface area contributed by atoms with Crippen LogP contribution in [0.5, 0.6) is 0 Å². The minimum Gasteiger partial charge on any atom is -0.476 e. The van der Waals surface area contributed by atoms with Crippen molar-refractivity contribution in [2.45, 2.75) is 0 Å². The van der Waals surface area contributed by atoms with Gasteiger partial charge in [-0.15, -0.1) is 5.53 Å². The van der Waals surface area contributed by atoms with Crippen molar-refractivity contribution in [1.29, 1.82) is 0 Å². The molecule has 0 saturated carbocycles. The molecule has 0 saturated heterocycles. The van der Waals surface area contributed by atoms with Crippen molar-refractivity contribution in [3.8, 4) is 0 Å². The molecule has 84 valence electrons. The van der Waals surface area contributed by atoms with E-state index in [0.29, 0.717) is 0 Å². The summed E-state index contributed by atoms with van der Waals surface area (Å²) in [5.74, 6) is -3.02. The van der Waals surface area contributed by atoms with Crippen LogP contribution in [-0.2, 0) is 4.79 Å². The average Bonchev–Trinajstić information content (AvgIpc) is 2.66. The van der Waals surface area contributed by atoms with Gasteiger partial charge < -0.3 is 10.5 Å². The number of anilines is 1. The number of para-hydroxylation sites is 1. The maximum atomic E-state index is 13.4. The molecule has 1 aromatic carbocycles. The Bertz CT molecular complexity index is 456. The zero-order valence-corrected chi connectivity index (χ0v) is 7.87. The van der Waals surface area contributed by atoms with Gasteiger partial charge in [-0.25, -0.2) is 18.6 Å². The van der Waals surface area contributed by atoms with Gasteiger partial charge in [0.1, 0.15) is 5.69 Å². The van der Waals surface area contributed by atoms with Crippen molar-refractivity contribution >= 4 is 11.7 Å². The van der Waals surface area contributed by atoms with Gasteiger partial charge >= 0.3 is 5.97 Å². The molecular formula is C9H7F2N3O2. The third kappa shape index (κ3) is 1.57. The lowest BCUT2D eigenvalue weighted by atomic mass is 10.2. The summed E-state index contributed by atoms with van der Waals surface area (Å²) in [4.78, 5) is 10.8. The molecule has 1 aliphatic rings. The first-order valence-corrected chi connectivity index (χ1v) is 4.30. The molecule has 5 nitrogen and oxygen atoms in total. The van der Waals surface area contributed by atoms with Crippen molar-refractivity contribution in [2.75, 3.05) is 5.01 Å². The van der Waals surface area contributed by atoms with Crippen molar-refractivity contribution in [3.05, 3.63) is 41.7 Å². The summed E-state index contributed by atoms with van der Waals surface area (Å²) in [6.07, 6.45) is 1.09. The van der Waals surface area contributed by atoms with Gasteiger partial charge in [0.15, 0.2) is 17.3 Å². The summed E-state index contributed by atoms with van der Waals surface area (Å²) in [5.41, 5.74) is 3.90. The quantitative estimate of drug-likeness (QED) is 0.694. The number of aliphatic carboxylic acids is 1. The fourth-order valence-electron chi connectivity index (χ4n) is 1.33. The van der Waals surface area contributed by atoms with Crippen LogP contribution >= 0.6 is 0 Å². The number of nitrogens with one attached hydrogen (secondary N) is 2. The topological polar surface area (TPSA) is 64.6 Å². The number of halogens is 2. The van der Waals surface area contributed by atoms with Crippen molar-refractivity contribution < 1.29 is 18.7 Å². The van der Waals surface area contributed by atoms with E-state index in [1.807, 2.05) is 0 Å². The number of carbonyl (C=O) groups is 1. The first-order chi connectivity index (χ1) is 7.61. The molecule has 0 unspecified atom stereocenters. The number of hydrazine groups is 2. The average molecular weight is 227 g/mol. The van der Waals surface area contributed by atoms with Gasteiger partial charge in [0, 0.05) is 6.20 Å². The molecule has 0 aromatic heterocycles. The van der Waals surface area contributed by atoms with Crippen LogP contribution in [-0.4, -0.2) is 11.1 Å². The lowest BCUT2D eigenvalue weighted by Gasteiger charge is -2.19. The van der Waals surface area contributed by atoms with Crippen LogP contribution in [0, 0.1) is 11.6 Å². The highest BCUT2D eigenvalue weighted by atomic mass is 19.1. The third-order valence-corrected chi connectivity index (χ3v) is 2.01. The second kappa shape index (κ2) is 3.78. The Labute approximate surface area is 88.9 Å². The smallest absolute Gasteiger partial charge is 0.355 e. The lowest BCUT2D eigenvalue weighted by molar-refractivity contribution is -0.132. The molecule has 0 atom stereocenters. The number of benzene rings is 1. The van der Waals surface area contributed by atoms with E-state index in [4.69, 9.17) is 5.11 Å². The first-order valence-electron chi connectivity index (χ1n) is 4.30. The van der Waals surface area contributed by atoms with Crippen LogP contribution in [0.25, 0.3) is 0 Å². The Hall–Kier alpha value is -2.15. The summed E-state index contributed by atoms with van der Waals surface area (Å²) in [7, 11) is 0. The number of hydrogen-bond donors (Lipinski definition) is 3. The summed E-state index contributed by atoms with van der Waals surface area (Å²) in [5, 5.41) is 9.58. The van der Waals surface area contributed by atoms with E-state index in [2.05, 4.69) is 11.0 Å². The predicted molar refractivity (Wildman–Crippen MR) is 50.8 cm³/mol. The fourth-order valence-corrected chi connectivity index (χ4v) is 1.33. The molecule has 7 heteroatoms. The minimum atomic E-state index is -1.31. The molecule has 2 rings (SSSR count). The van der Waals surface area contributed by atoms with Gasteiger partial charge in [-0.2, -0.15) is 0 Å². The van der Waals surface area contributed by atoms with Crippen molar-refractivity contribution in [2.24, 2.45) is 0 Å². The molecule has 0 radical (unpaired) electrons. The molecule has 0 amide bonds. The number of rotatable bonds is 2. The van der Waals surface area contributed by atoms with Gasteiger partial charge in [-0.3, -0.25) is 0 Å². The second-order valence-electron chi connectivity index (χ2n) is 3.00. The molecular weight excluding hydrogens is 220 g/mol. The van der Waals surface area contributed by atoms with Gasteiger partial charge in [-0.1, -0.05) is 6.07 Å². The minimum absolute atomic E-state index is 0.302. The van der Waals surface area contributed by atoms with Crippen molar-refractivity contribution in [3.63, 3.8) is 0 Å². The maximum Gasteiger partial charge on any atom is 0.355 e. The van der Waals surface area contributed by atoms with Crippen molar-refractivity contribution in [1.82, 2.24) is 11.0 Å². The van der Waals surface area contributed by atoms with Crippen LogP contribution in [0.2, 0.25) is 0 Å². The largest absolute Gasteiger partial charge is 0.476 e. The Morgan fingerprint density at radius 1 is 1.31 bits per heavy atom. The number of carboxylic acid groups (broad SMARTS) is 1. The molecule has 1 aliphatic heterocycles. The van der Waals surface area contributed by atoms with E-state index in [1.54, 1.807) is 0 Å². The van der Waals surface area contributed by atoms with Crippen LogP contribution in [0.1, 0.15) is 0 Å². The normalized spacial score (nSPS) is 14.6. The van der Waals surface area contributed by atoms with Gasteiger partial charge in [0.25, 0.3) is 0 Å². The van der Waals surface area contributed by atoms with E-state index < -0.39 is 23.3 Å². The van der Waals surface area contributed by atoms with Gasteiger partial charge in [-0.05, 0) is 12.1 Å². The monoisotopic (exact) mass is 227 g/mol. The molecule has 1 heterocycles. The van der Waals surface area contributed by atoms with E-state index in [-0.39, 0.29) is 5.70 Å². The van der Waals surface area contributed by atoms with Crippen LogP contribution < -0.4 is 16.0 Å². The molecule has 16 heavy (non-hydrogen) atoms. The number of carboxylic acids is 1. The summed E-state index contributed by atoms with van der Waals surface area (Å²) in [6.45, 7) is 0. The molecule has 1 aromatic rings. The van der Waals surface area contributed by atoms with Crippen LogP contribution in [0.4, 0.5) is 14.5 Å². The predicted octanol–water partition coefficient (Wildman–Crippen LogP) is 0.720.